The maximum atomic E-state index is 13.7. The number of benzene rings is 1. The van der Waals surface area contributed by atoms with E-state index in [2.05, 4.69) is 10.3 Å². The van der Waals surface area contributed by atoms with Gasteiger partial charge in [0, 0.05) is 18.9 Å². The standard InChI is InChI=1S/C17H18F2N2O4/c1-9(2)16(17(23)24)21-14(22)5-6-15-20-8-13(25-15)11-4-3-10(18)7-12(11)19/h3-4,7-9,16H,5-6H2,1-2H3,(H,21,22)(H,23,24). The average Bonchev–Trinajstić information content (AvgIpc) is 2.98. The second kappa shape index (κ2) is 7.87. The van der Waals surface area contributed by atoms with Crippen LogP contribution >= 0.6 is 0 Å². The number of oxazole rings is 1. The monoisotopic (exact) mass is 352 g/mol. The largest absolute Gasteiger partial charge is 0.480 e. The number of nitrogens with zero attached hydrogens (tertiary/aromatic N) is 1. The molecule has 0 saturated carbocycles. The quantitative estimate of drug-likeness (QED) is 0.799. The van der Waals surface area contributed by atoms with E-state index < -0.39 is 29.6 Å². The van der Waals surface area contributed by atoms with Crippen molar-refractivity contribution in [2.45, 2.75) is 32.7 Å². The normalized spacial score (nSPS) is 12.2. The first-order valence-corrected chi connectivity index (χ1v) is 7.70. The van der Waals surface area contributed by atoms with Crippen molar-refractivity contribution in [1.29, 1.82) is 0 Å². The van der Waals surface area contributed by atoms with Crippen molar-refractivity contribution < 1.29 is 27.9 Å². The second-order valence-corrected chi connectivity index (χ2v) is 5.87. The SMILES string of the molecule is CC(C)C(NC(=O)CCc1ncc(-c2ccc(F)cc2F)o1)C(=O)O. The number of aliphatic carboxylic acids is 1. The molecule has 0 aliphatic heterocycles. The predicted octanol–water partition coefficient (Wildman–Crippen LogP) is 2.78. The van der Waals surface area contributed by atoms with Gasteiger partial charge in [-0.25, -0.2) is 18.6 Å². The summed E-state index contributed by atoms with van der Waals surface area (Å²) >= 11 is 0. The smallest absolute Gasteiger partial charge is 0.326 e. The van der Waals surface area contributed by atoms with Crippen LogP contribution in [0.1, 0.15) is 26.2 Å². The fraction of sp³-hybridized carbons (Fsp3) is 0.353. The molecule has 25 heavy (non-hydrogen) atoms. The number of carbonyl (C=O) groups excluding carboxylic acids is 1. The van der Waals surface area contributed by atoms with Crippen molar-refractivity contribution >= 4 is 11.9 Å². The van der Waals surface area contributed by atoms with Crippen molar-refractivity contribution in [3.8, 4) is 11.3 Å². The van der Waals surface area contributed by atoms with Crippen LogP contribution in [-0.2, 0) is 16.0 Å². The highest BCUT2D eigenvalue weighted by molar-refractivity contribution is 5.83. The lowest BCUT2D eigenvalue weighted by molar-refractivity contribution is -0.143. The molecule has 0 bridgehead atoms. The van der Waals surface area contributed by atoms with Crippen LogP contribution < -0.4 is 5.32 Å². The van der Waals surface area contributed by atoms with Crippen LogP contribution in [0, 0.1) is 17.6 Å². The molecular weight excluding hydrogens is 334 g/mol. The van der Waals surface area contributed by atoms with Gasteiger partial charge in [-0.1, -0.05) is 13.8 Å². The molecule has 0 aliphatic carbocycles. The summed E-state index contributed by atoms with van der Waals surface area (Å²) in [7, 11) is 0. The van der Waals surface area contributed by atoms with Crippen LogP contribution in [0.25, 0.3) is 11.3 Å². The molecule has 1 unspecified atom stereocenters. The van der Waals surface area contributed by atoms with Gasteiger partial charge in [0.2, 0.25) is 5.91 Å². The minimum Gasteiger partial charge on any atom is -0.480 e. The minimum absolute atomic E-state index is 0.0254. The molecule has 1 heterocycles. The fourth-order valence-electron chi connectivity index (χ4n) is 2.22. The molecule has 6 nitrogen and oxygen atoms in total. The molecule has 134 valence electrons. The fourth-order valence-corrected chi connectivity index (χ4v) is 2.22. The van der Waals surface area contributed by atoms with Gasteiger partial charge in [0.15, 0.2) is 11.7 Å². The zero-order valence-corrected chi connectivity index (χ0v) is 13.8. The lowest BCUT2D eigenvalue weighted by Crippen LogP contribution is -2.44. The molecule has 1 aromatic heterocycles. The topological polar surface area (TPSA) is 92.4 Å². The van der Waals surface area contributed by atoms with Gasteiger partial charge in [0.05, 0.1) is 11.8 Å². The van der Waals surface area contributed by atoms with E-state index in [1.807, 2.05) is 0 Å². The van der Waals surface area contributed by atoms with Gasteiger partial charge < -0.3 is 14.8 Å². The van der Waals surface area contributed by atoms with Gasteiger partial charge in [-0.15, -0.1) is 0 Å². The molecule has 2 N–H and O–H groups in total. The first kappa shape index (κ1) is 18.6. The summed E-state index contributed by atoms with van der Waals surface area (Å²) in [5, 5.41) is 11.5. The molecule has 0 fully saturated rings. The van der Waals surface area contributed by atoms with Crippen molar-refractivity contribution in [3.63, 3.8) is 0 Å². The number of rotatable bonds is 7. The second-order valence-electron chi connectivity index (χ2n) is 5.87. The van der Waals surface area contributed by atoms with Crippen LogP contribution in [0.15, 0.2) is 28.8 Å². The van der Waals surface area contributed by atoms with E-state index in [-0.39, 0.29) is 36.0 Å². The average molecular weight is 352 g/mol. The Labute approximate surface area is 142 Å². The lowest BCUT2D eigenvalue weighted by atomic mass is 10.0. The molecule has 1 atom stereocenters. The van der Waals surface area contributed by atoms with Gasteiger partial charge in [0.1, 0.15) is 17.7 Å². The number of carboxylic acids is 1. The van der Waals surface area contributed by atoms with E-state index in [1.54, 1.807) is 13.8 Å². The van der Waals surface area contributed by atoms with Gasteiger partial charge >= 0.3 is 5.97 Å². The Morgan fingerprint density at radius 2 is 2.04 bits per heavy atom. The van der Waals surface area contributed by atoms with E-state index in [1.165, 1.54) is 12.3 Å². The highest BCUT2D eigenvalue weighted by Crippen LogP contribution is 2.24. The minimum atomic E-state index is -1.10. The van der Waals surface area contributed by atoms with Crippen LogP contribution in [0.3, 0.4) is 0 Å². The van der Waals surface area contributed by atoms with E-state index in [0.717, 1.165) is 12.1 Å². The zero-order chi connectivity index (χ0) is 18.6. The number of nitrogens with one attached hydrogen (secondary N) is 1. The number of halogens is 2. The van der Waals surface area contributed by atoms with E-state index >= 15 is 0 Å². The number of hydrogen-bond donors (Lipinski definition) is 2. The summed E-state index contributed by atoms with van der Waals surface area (Å²) in [5.41, 5.74) is 0.0651. The first-order valence-electron chi connectivity index (χ1n) is 7.70. The summed E-state index contributed by atoms with van der Waals surface area (Å²) in [5.74, 6) is -2.96. The molecule has 0 radical (unpaired) electrons. The summed E-state index contributed by atoms with van der Waals surface area (Å²) in [4.78, 5) is 26.9. The zero-order valence-electron chi connectivity index (χ0n) is 13.8. The highest BCUT2D eigenvalue weighted by atomic mass is 19.1. The summed E-state index contributed by atoms with van der Waals surface area (Å²) in [6.45, 7) is 3.38. The molecule has 8 heteroatoms. The van der Waals surface area contributed by atoms with E-state index in [4.69, 9.17) is 9.52 Å². The Hall–Kier alpha value is -2.77. The Morgan fingerprint density at radius 1 is 1.32 bits per heavy atom. The van der Waals surface area contributed by atoms with Crippen molar-refractivity contribution in [3.05, 3.63) is 41.9 Å². The van der Waals surface area contributed by atoms with Crippen molar-refractivity contribution in [1.82, 2.24) is 10.3 Å². The van der Waals surface area contributed by atoms with Gasteiger partial charge in [-0.3, -0.25) is 4.79 Å². The third kappa shape index (κ3) is 4.85. The molecule has 0 aliphatic rings. The van der Waals surface area contributed by atoms with E-state index in [0.29, 0.717) is 0 Å². The molecule has 1 aromatic carbocycles. The number of aryl methyl sites for hydroxylation is 1. The van der Waals surface area contributed by atoms with Crippen LogP contribution in [0.4, 0.5) is 8.78 Å². The van der Waals surface area contributed by atoms with Gasteiger partial charge in [0.25, 0.3) is 0 Å². The predicted molar refractivity (Wildman–Crippen MR) is 84.6 cm³/mol. The lowest BCUT2D eigenvalue weighted by Gasteiger charge is -2.17. The number of carboxylic acid groups (broad SMARTS) is 1. The third-order valence-corrected chi connectivity index (χ3v) is 3.57. The Balaban J connectivity index is 1.97. The van der Waals surface area contributed by atoms with Gasteiger partial charge in [-0.05, 0) is 18.1 Å². The first-order chi connectivity index (χ1) is 11.8. The maximum Gasteiger partial charge on any atom is 0.326 e. The number of carbonyl (C=O) groups is 2. The summed E-state index contributed by atoms with van der Waals surface area (Å²) in [6.07, 6.45) is 1.39. The Kier molecular flexibility index (Phi) is 5.84. The Morgan fingerprint density at radius 3 is 2.64 bits per heavy atom. The van der Waals surface area contributed by atoms with Crippen LogP contribution in [0.2, 0.25) is 0 Å². The molecule has 2 rings (SSSR count). The van der Waals surface area contributed by atoms with Gasteiger partial charge in [-0.2, -0.15) is 0 Å². The van der Waals surface area contributed by atoms with E-state index in [9.17, 15) is 18.4 Å². The highest BCUT2D eigenvalue weighted by Gasteiger charge is 2.23. The maximum absolute atomic E-state index is 13.7. The number of aromatic nitrogens is 1. The summed E-state index contributed by atoms with van der Waals surface area (Å²) in [6, 6.07) is 2.11. The molecular formula is C17H18F2N2O4. The van der Waals surface area contributed by atoms with Crippen LogP contribution in [-0.4, -0.2) is 28.0 Å². The number of hydrogen-bond acceptors (Lipinski definition) is 4. The molecule has 0 spiro atoms. The third-order valence-electron chi connectivity index (χ3n) is 3.57. The molecule has 1 amide bonds. The van der Waals surface area contributed by atoms with Crippen molar-refractivity contribution in [2.75, 3.05) is 0 Å². The number of amides is 1. The molecule has 2 aromatic rings. The summed E-state index contributed by atoms with van der Waals surface area (Å²) < 4.78 is 32.0. The Bertz CT molecular complexity index is 774. The molecule has 0 saturated heterocycles. The van der Waals surface area contributed by atoms with Crippen LogP contribution in [0.5, 0.6) is 0 Å². The van der Waals surface area contributed by atoms with Crippen molar-refractivity contribution in [2.24, 2.45) is 5.92 Å².